The van der Waals surface area contributed by atoms with Crippen molar-refractivity contribution in [3.8, 4) is 11.3 Å². The molecule has 0 aliphatic rings. The summed E-state index contributed by atoms with van der Waals surface area (Å²) in [5.41, 5.74) is 9.63. The molecule has 0 amide bonds. The van der Waals surface area contributed by atoms with Crippen molar-refractivity contribution in [2.75, 3.05) is 17.7 Å². The summed E-state index contributed by atoms with van der Waals surface area (Å²) in [6, 6.07) is 18.3. The minimum Gasteiger partial charge on any atom is -0.399 e. The molecule has 0 bridgehead atoms. The van der Waals surface area contributed by atoms with Gasteiger partial charge in [0.15, 0.2) is 5.82 Å². The average Bonchev–Trinajstić information content (AvgIpc) is 2.62. The number of benzene rings is 2. The Morgan fingerprint density at radius 1 is 0.913 bits per heavy atom. The van der Waals surface area contributed by atoms with Crippen LogP contribution in [0.5, 0.6) is 0 Å². The van der Waals surface area contributed by atoms with Crippen LogP contribution in [0.15, 0.2) is 67.0 Å². The van der Waals surface area contributed by atoms with E-state index in [1.165, 1.54) is 5.56 Å². The van der Waals surface area contributed by atoms with Gasteiger partial charge in [-0.3, -0.25) is 4.98 Å². The van der Waals surface area contributed by atoms with Crippen LogP contribution in [0.1, 0.15) is 18.5 Å². The molecule has 4 nitrogen and oxygen atoms in total. The Labute approximate surface area is 136 Å². The molecule has 1 heterocycles. The monoisotopic (exact) mass is 304 g/mol. The number of hydrogen-bond acceptors (Lipinski definition) is 4. The predicted octanol–water partition coefficient (Wildman–Crippen LogP) is 3.92. The minimum absolute atomic E-state index is 0.195. The Bertz CT molecular complexity index is 769. The first-order valence-corrected chi connectivity index (χ1v) is 7.61. The van der Waals surface area contributed by atoms with E-state index in [0.717, 1.165) is 22.8 Å². The summed E-state index contributed by atoms with van der Waals surface area (Å²) >= 11 is 0. The molecular formula is C19H20N4. The number of anilines is 2. The van der Waals surface area contributed by atoms with Gasteiger partial charge < -0.3 is 10.6 Å². The van der Waals surface area contributed by atoms with E-state index in [4.69, 9.17) is 5.73 Å². The summed E-state index contributed by atoms with van der Waals surface area (Å²) in [6.07, 6.45) is 3.45. The van der Waals surface area contributed by atoms with Crippen molar-refractivity contribution in [2.24, 2.45) is 0 Å². The summed E-state index contributed by atoms with van der Waals surface area (Å²) in [5, 5.41) is 0. The van der Waals surface area contributed by atoms with Gasteiger partial charge in [-0.1, -0.05) is 42.5 Å². The predicted molar refractivity (Wildman–Crippen MR) is 95.1 cm³/mol. The first-order valence-electron chi connectivity index (χ1n) is 7.61. The number of nitrogens with two attached hydrogens (primary N) is 1. The highest BCUT2D eigenvalue weighted by atomic mass is 15.2. The zero-order chi connectivity index (χ0) is 16.2. The normalized spacial score (nSPS) is 11.9. The first-order chi connectivity index (χ1) is 11.2. The molecule has 0 spiro atoms. The third-order valence-corrected chi connectivity index (χ3v) is 4.06. The van der Waals surface area contributed by atoms with Crippen molar-refractivity contribution >= 4 is 11.5 Å². The van der Waals surface area contributed by atoms with Gasteiger partial charge in [0.05, 0.1) is 6.04 Å². The lowest BCUT2D eigenvalue weighted by Crippen LogP contribution is -2.23. The summed E-state index contributed by atoms with van der Waals surface area (Å²) in [5.74, 6) is 0.855. The fourth-order valence-electron chi connectivity index (χ4n) is 2.57. The number of nitrogens with zero attached hydrogens (tertiary/aromatic N) is 3. The van der Waals surface area contributed by atoms with Crippen LogP contribution < -0.4 is 10.6 Å². The lowest BCUT2D eigenvalue weighted by molar-refractivity contribution is 0.727. The number of hydrogen-bond donors (Lipinski definition) is 1. The molecule has 23 heavy (non-hydrogen) atoms. The van der Waals surface area contributed by atoms with Crippen molar-refractivity contribution in [1.82, 2.24) is 9.97 Å². The average molecular weight is 304 g/mol. The molecule has 0 aliphatic carbocycles. The van der Waals surface area contributed by atoms with Gasteiger partial charge in [0.1, 0.15) is 5.69 Å². The highest BCUT2D eigenvalue weighted by molar-refractivity contribution is 5.73. The number of rotatable bonds is 4. The van der Waals surface area contributed by atoms with E-state index in [9.17, 15) is 0 Å². The van der Waals surface area contributed by atoms with E-state index >= 15 is 0 Å². The van der Waals surface area contributed by atoms with E-state index in [2.05, 4.69) is 46.1 Å². The van der Waals surface area contributed by atoms with Gasteiger partial charge in [0.2, 0.25) is 0 Å². The van der Waals surface area contributed by atoms with Crippen molar-refractivity contribution in [2.45, 2.75) is 13.0 Å². The van der Waals surface area contributed by atoms with Crippen molar-refractivity contribution in [3.05, 3.63) is 72.6 Å². The summed E-state index contributed by atoms with van der Waals surface area (Å²) in [7, 11) is 2.04. The maximum atomic E-state index is 5.78. The van der Waals surface area contributed by atoms with Crippen LogP contribution in [0, 0.1) is 0 Å². The quantitative estimate of drug-likeness (QED) is 0.742. The second kappa shape index (κ2) is 6.48. The summed E-state index contributed by atoms with van der Waals surface area (Å²) in [4.78, 5) is 11.2. The lowest BCUT2D eigenvalue weighted by atomic mass is 10.1. The van der Waals surface area contributed by atoms with Crippen molar-refractivity contribution in [1.29, 1.82) is 0 Å². The molecule has 1 aromatic heterocycles. The Hall–Kier alpha value is -2.88. The van der Waals surface area contributed by atoms with Gasteiger partial charge in [-0.2, -0.15) is 0 Å². The van der Waals surface area contributed by atoms with Crippen LogP contribution in [-0.4, -0.2) is 17.0 Å². The third kappa shape index (κ3) is 3.16. The van der Waals surface area contributed by atoms with E-state index in [1.807, 2.05) is 37.4 Å². The van der Waals surface area contributed by atoms with Crippen molar-refractivity contribution in [3.63, 3.8) is 0 Å². The fourth-order valence-corrected chi connectivity index (χ4v) is 2.57. The SMILES string of the molecule is C[C@H](c1ccccc1)N(C)c1nccnc1-c1ccc(N)cc1. The molecule has 2 N–H and O–H groups in total. The van der Waals surface area contributed by atoms with E-state index in [0.29, 0.717) is 0 Å². The Kier molecular flexibility index (Phi) is 4.24. The number of aromatic nitrogens is 2. The van der Waals surface area contributed by atoms with Crippen LogP contribution in [0.3, 0.4) is 0 Å². The molecule has 1 atom stereocenters. The van der Waals surface area contributed by atoms with Gasteiger partial charge in [-0.15, -0.1) is 0 Å². The molecule has 2 aromatic carbocycles. The third-order valence-electron chi connectivity index (χ3n) is 4.06. The molecule has 116 valence electrons. The molecule has 0 saturated heterocycles. The molecule has 0 saturated carbocycles. The molecule has 0 aliphatic heterocycles. The molecule has 3 rings (SSSR count). The fraction of sp³-hybridized carbons (Fsp3) is 0.158. The van der Waals surface area contributed by atoms with Crippen LogP contribution in [0.2, 0.25) is 0 Å². The molecule has 0 unspecified atom stereocenters. The number of nitrogen functional groups attached to an aromatic ring is 1. The van der Waals surface area contributed by atoms with Gasteiger partial charge in [-0.25, -0.2) is 4.98 Å². The Balaban J connectivity index is 1.98. The van der Waals surface area contributed by atoms with E-state index in [-0.39, 0.29) is 6.04 Å². The maximum Gasteiger partial charge on any atom is 0.155 e. The van der Waals surface area contributed by atoms with Crippen LogP contribution in [0.25, 0.3) is 11.3 Å². The minimum atomic E-state index is 0.195. The molecule has 3 aromatic rings. The topological polar surface area (TPSA) is 55.0 Å². The summed E-state index contributed by atoms with van der Waals surface area (Å²) in [6.45, 7) is 2.16. The zero-order valence-corrected chi connectivity index (χ0v) is 13.3. The zero-order valence-electron chi connectivity index (χ0n) is 13.3. The van der Waals surface area contributed by atoms with Crippen LogP contribution in [-0.2, 0) is 0 Å². The molecule has 0 fully saturated rings. The Morgan fingerprint density at radius 2 is 1.57 bits per heavy atom. The van der Waals surface area contributed by atoms with E-state index < -0.39 is 0 Å². The maximum absolute atomic E-state index is 5.78. The van der Waals surface area contributed by atoms with Gasteiger partial charge in [0.25, 0.3) is 0 Å². The van der Waals surface area contributed by atoms with E-state index in [1.54, 1.807) is 12.4 Å². The highest BCUT2D eigenvalue weighted by Gasteiger charge is 2.18. The molecule has 4 heteroatoms. The first kappa shape index (κ1) is 15.0. The van der Waals surface area contributed by atoms with Gasteiger partial charge in [0, 0.05) is 30.7 Å². The largest absolute Gasteiger partial charge is 0.399 e. The van der Waals surface area contributed by atoms with Crippen LogP contribution in [0.4, 0.5) is 11.5 Å². The van der Waals surface area contributed by atoms with Crippen LogP contribution >= 0.6 is 0 Å². The summed E-state index contributed by atoms with van der Waals surface area (Å²) < 4.78 is 0. The van der Waals surface area contributed by atoms with Gasteiger partial charge in [-0.05, 0) is 24.6 Å². The van der Waals surface area contributed by atoms with Gasteiger partial charge >= 0.3 is 0 Å². The standard InChI is InChI=1S/C19H20N4/c1-14(15-6-4-3-5-7-15)23(2)19-18(21-12-13-22-19)16-8-10-17(20)11-9-16/h3-14H,20H2,1-2H3/t14-/m1/s1. The highest BCUT2D eigenvalue weighted by Crippen LogP contribution is 2.31. The van der Waals surface area contributed by atoms with Crippen molar-refractivity contribution < 1.29 is 0 Å². The second-order valence-corrected chi connectivity index (χ2v) is 5.55. The smallest absolute Gasteiger partial charge is 0.155 e. The lowest BCUT2D eigenvalue weighted by Gasteiger charge is -2.27. The molecule has 0 radical (unpaired) electrons. The molecular weight excluding hydrogens is 284 g/mol. The Morgan fingerprint density at radius 3 is 2.26 bits per heavy atom. The second-order valence-electron chi connectivity index (χ2n) is 5.55.